The topological polar surface area (TPSA) is 36.4 Å². The Morgan fingerprint density at radius 2 is 2.14 bits per heavy atom. The van der Waals surface area contributed by atoms with E-state index in [1.807, 2.05) is 31.1 Å². The standard InChI is InChI=1S/C10H16N2OS/c1-4-14-10-6-8(7-13)5-9(11-10)12(2)3/h5-6,13H,4,7H2,1-3H3. The van der Waals surface area contributed by atoms with E-state index in [1.54, 1.807) is 11.8 Å². The highest BCUT2D eigenvalue weighted by molar-refractivity contribution is 7.99. The number of thioether (sulfide) groups is 1. The minimum Gasteiger partial charge on any atom is -0.392 e. The van der Waals surface area contributed by atoms with Crippen molar-refractivity contribution < 1.29 is 5.11 Å². The Morgan fingerprint density at radius 3 is 2.64 bits per heavy atom. The normalized spacial score (nSPS) is 10.3. The summed E-state index contributed by atoms with van der Waals surface area (Å²) in [5.74, 6) is 1.89. The van der Waals surface area contributed by atoms with Gasteiger partial charge in [-0.1, -0.05) is 6.92 Å². The van der Waals surface area contributed by atoms with Crippen LogP contribution in [0.1, 0.15) is 12.5 Å². The van der Waals surface area contributed by atoms with Crippen molar-refractivity contribution in [2.75, 3.05) is 24.7 Å². The summed E-state index contributed by atoms with van der Waals surface area (Å²) in [5.41, 5.74) is 0.916. The lowest BCUT2D eigenvalue weighted by Crippen LogP contribution is -2.11. The maximum absolute atomic E-state index is 9.08. The molecule has 0 saturated carbocycles. The van der Waals surface area contributed by atoms with Gasteiger partial charge in [-0.15, -0.1) is 11.8 Å². The average Bonchev–Trinajstić information content (AvgIpc) is 2.17. The molecule has 0 spiro atoms. The molecule has 0 aliphatic rings. The molecule has 78 valence electrons. The quantitative estimate of drug-likeness (QED) is 0.771. The summed E-state index contributed by atoms with van der Waals surface area (Å²) in [5, 5.41) is 10.1. The Bertz CT molecular complexity index is 302. The van der Waals surface area contributed by atoms with Crippen molar-refractivity contribution in [2.45, 2.75) is 18.6 Å². The Labute approximate surface area is 89.2 Å². The molecule has 0 amide bonds. The highest BCUT2D eigenvalue weighted by atomic mass is 32.2. The van der Waals surface area contributed by atoms with Crippen molar-refractivity contribution in [3.63, 3.8) is 0 Å². The second-order valence-electron chi connectivity index (χ2n) is 3.16. The van der Waals surface area contributed by atoms with Crippen LogP contribution in [0.5, 0.6) is 0 Å². The van der Waals surface area contributed by atoms with Crippen LogP contribution in [0.3, 0.4) is 0 Å². The van der Waals surface area contributed by atoms with Crippen molar-refractivity contribution in [1.82, 2.24) is 4.98 Å². The number of rotatable bonds is 4. The van der Waals surface area contributed by atoms with E-state index in [2.05, 4.69) is 11.9 Å². The van der Waals surface area contributed by atoms with Crippen LogP contribution in [-0.4, -0.2) is 29.9 Å². The first kappa shape index (κ1) is 11.3. The van der Waals surface area contributed by atoms with Crippen molar-refractivity contribution in [3.8, 4) is 0 Å². The van der Waals surface area contributed by atoms with Gasteiger partial charge < -0.3 is 10.0 Å². The van der Waals surface area contributed by atoms with Gasteiger partial charge in [0, 0.05) is 14.1 Å². The van der Waals surface area contributed by atoms with Gasteiger partial charge in [-0.25, -0.2) is 4.98 Å². The summed E-state index contributed by atoms with van der Waals surface area (Å²) >= 11 is 1.69. The molecule has 0 fully saturated rings. The van der Waals surface area contributed by atoms with Crippen LogP contribution in [0.15, 0.2) is 17.2 Å². The predicted octanol–water partition coefficient (Wildman–Crippen LogP) is 1.75. The first-order chi connectivity index (χ1) is 6.67. The molecule has 0 aromatic carbocycles. The molecule has 0 aliphatic heterocycles. The monoisotopic (exact) mass is 212 g/mol. The van der Waals surface area contributed by atoms with Gasteiger partial charge in [0.05, 0.1) is 11.6 Å². The third kappa shape index (κ3) is 2.89. The van der Waals surface area contributed by atoms with Crippen LogP contribution < -0.4 is 4.90 Å². The first-order valence-electron chi connectivity index (χ1n) is 4.59. The molecule has 1 rings (SSSR count). The highest BCUT2D eigenvalue weighted by Gasteiger charge is 2.03. The number of hydrogen-bond donors (Lipinski definition) is 1. The van der Waals surface area contributed by atoms with Gasteiger partial charge in [-0.3, -0.25) is 0 Å². The van der Waals surface area contributed by atoms with Gasteiger partial charge in [0.25, 0.3) is 0 Å². The minimum atomic E-state index is 0.0701. The van der Waals surface area contributed by atoms with E-state index in [4.69, 9.17) is 5.11 Å². The van der Waals surface area contributed by atoms with Crippen molar-refractivity contribution in [3.05, 3.63) is 17.7 Å². The van der Waals surface area contributed by atoms with Gasteiger partial charge >= 0.3 is 0 Å². The first-order valence-corrected chi connectivity index (χ1v) is 5.58. The SMILES string of the molecule is CCSc1cc(CO)cc(N(C)C)n1. The molecule has 0 radical (unpaired) electrons. The third-order valence-electron chi connectivity index (χ3n) is 1.78. The number of nitrogens with zero attached hydrogens (tertiary/aromatic N) is 2. The average molecular weight is 212 g/mol. The molecule has 4 heteroatoms. The number of hydrogen-bond acceptors (Lipinski definition) is 4. The molecule has 0 bridgehead atoms. The molecule has 1 aromatic rings. The van der Waals surface area contributed by atoms with Gasteiger partial charge in [-0.05, 0) is 23.4 Å². The summed E-state index contributed by atoms with van der Waals surface area (Å²) in [6.07, 6.45) is 0. The maximum atomic E-state index is 9.08. The van der Waals surface area contributed by atoms with Crippen molar-refractivity contribution in [1.29, 1.82) is 0 Å². The number of pyridine rings is 1. The van der Waals surface area contributed by atoms with Crippen LogP contribution in [-0.2, 0) is 6.61 Å². The lowest BCUT2D eigenvalue weighted by Gasteiger charge is -2.13. The van der Waals surface area contributed by atoms with E-state index in [0.717, 1.165) is 22.2 Å². The van der Waals surface area contributed by atoms with Crippen LogP contribution in [0.2, 0.25) is 0 Å². The zero-order valence-corrected chi connectivity index (χ0v) is 9.64. The fraction of sp³-hybridized carbons (Fsp3) is 0.500. The van der Waals surface area contributed by atoms with Crippen LogP contribution in [0, 0.1) is 0 Å². The van der Waals surface area contributed by atoms with Crippen LogP contribution in [0.4, 0.5) is 5.82 Å². The molecule has 0 atom stereocenters. The van der Waals surface area contributed by atoms with E-state index in [9.17, 15) is 0 Å². The summed E-state index contributed by atoms with van der Waals surface area (Å²) in [6, 6.07) is 3.83. The number of aromatic nitrogens is 1. The lowest BCUT2D eigenvalue weighted by atomic mass is 10.3. The Kier molecular flexibility index (Phi) is 4.22. The molecule has 3 nitrogen and oxygen atoms in total. The molecule has 1 heterocycles. The van der Waals surface area contributed by atoms with Crippen molar-refractivity contribution in [2.24, 2.45) is 0 Å². The Balaban J connectivity index is 3.00. The second-order valence-corrected chi connectivity index (χ2v) is 4.44. The molecule has 14 heavy (non-hydrogen) atoms. The lowest BCUT2D eigenvalue weighted by molar-refractivity contribution is 0.281. The molecular formula is C10H16N2OS. The molecule has 0 unspecified atom stereocenters. The smallest absolute Gasteiger partial charge is 0.129 e. The Morgan fingerprint density at radius 1 is 1.43 bits per heavy atom. The fourth-order valence-electron chi connectivity index (χ4n) is 1.09. The number of anilines is 1. The van der Waals surface area contributed by atoms with E-state index in [1.165, 1.54) is 0 Å². The maximum Gasteiger partial charge on any atom is 0.129 e. The van der Waals surface area contributed by atoms with E-state index >= 15 is 0 Å². The van der Waals surface area contributed by atoms with Gasteiger partial charge in [0.1, 0.15) is 5.82 Å². The molecule has 0 saturated heterocycles. The third-order valence-corrected chi connectivity index (χ3v) is 2.57. The van der Waals surface area contributed by atoms with E-state index < -0.39 is 0 Å². The number of aliphatic hydroxyl groups excluding tert-OH is 1. The van der Waals surface area contributed by atoms with E-state index in [-0.39, 0.29) is 6.61 Å². The van der Waals surface area contributed by atoms with Crippen LogP contribution in [0.25, 0.3) is 0 Å². The van der Waals surface area contributed by atoms with Gasteiger partial charge in [-0.2, -0.15) is 0 Å². The van der Waals surface area contributed by atoms with E-state index in [0.29, 0.717) is 0 Å². The summed E-state index contributed by atoms with van der Waals surface area (Å²) in [4.78, 5) is 6.39. The predicted molar refractivity (Wildman–Crippen MR) is 60.9 cm³/mol. The zero-order chi connectivity index (χ0) is 10.6. The van der Waals surface area contributed by atoms with Gasteiger partial charge in [0.2, 0.25) is 0 Å². The molecule has 0 aliphatic carbocycles. The summed E-state index contributed by atoms with van der Waals surface area (Å²) < 4.78 is 0. The van der Waals surface area contributed by atoms with Gasteiger partial charge in [0.15, 0.2) is 0 Å². The zero-order valence-electron chi connectivity index (χ0n) is 8.82. The highest BCUT2D eigenvalue weighted by Crippen LogP contribution is 2.21. The largest absolute Gasteiger partial charge is 0.392 e. The molecular weight excluding hydrogens is 196 g/mol. The summed E-state index contributed by atoms with van der Waals surface area (Å²) in [7, 11) is 3.90. The number of aliphatic hydroxyl groups is 1. The van der Waals surface area contributed by atoms with Crippen molar-refractivity contribution >= 4 is 17.6 Å². The Hall–Kier alpha value is -0.740. The second kappa shape index (κ2) is 5.22. The fourth-order valence-corrected chi connectivity index (χ4v) is 1.77. The summed E-state index contributed by atoms with van der Waals surface area (Å²) in [6.45, 7) is 2.16. The molecule has 1 aromatic heterocycles. The minimum absolute atomic E-state index is 0.0701. The molecule has 1 N–H and O–H groups in total. The van der Waals surface area contributed by atoms with Crippen LogP contribution >= 0.6 is 11.8 Å².